The van der Waals surface area contributed by atoms with Crippen molar-refractivity contribution in [2.24, 2.45) is 0 Å². The van der Waals surface area contributed by atoms with Gasteiger partial charge < -0.3 is 0 Å². The molecule has 0 spiro atoms. The van der Waals surface area contributed by atoms with Crippen LogP contribution >= 0.6 is 23.2 Å². The maximum Gasteiger partial charge on any atom is 0.252 e. The predicted octanol–water partition coefficient (Wildman–Crippen LogP) is 4.89. The van der Waals surface area contributed by atoms with Gasteiger partial charge in [-0.25, -0.2) is 0 Å². The van der Waals surface area contributed by atoms with Gasteiger partial charge in [0.05, 0.1) is 16.5 Å². The summed E-state index contributed by atoms with van der Waals surface area (Å²) in [6.07, 6.45) is 4.99. The van der Waals surface area contributed by atoms with E-state index in [1.54, 1.807) is 18.2 Å². The predicted molar refractivity (Wildman–Crippen MR) is 108 cm³/mol. The summed E-state index contributed by atoms with van der Waals surface area (Å²) >= 11 is 12.3. The van der Waals surface area contributed by atoms with Gasteiger partial charge in [0, 0.05) is 13.1 Å². The van der Waals surface area contributed by atoms with Crippen molar-refractivity contribution in [3.63, 3.8) is 0 Å². The van der Waals surface area contributed by atoms with E-state index in [1.165, 1.54) is 0 Å². The van der Waals surface area contributed by atoms with Gasteiger partial charge in [0.15, 0.2) is 0 Å². The molecule has 1 heterocycles. The highest BCUT2D eigenvalue weighted by Gasteiger charge is 2.42. The first-order chi connectivity index (χ1) is 12.9. The third kappa shape index (κ3) is 4.04. The van der Waals surface area contributed by atoms with Crippen molar-refractivity contribution in [1.29, 1.82) is 0 Å². The molecular weight excluding hydrogens is 383 g/mol. The van der Waals surface area contributed by atoms with E-state index in [0.717, 1.165) is 23.6 Å². The molecule has 3 rings (SSSR count). The Bertz CT molecular complexity index is 841. The fourth-order valence-electron chi connectivity index (χ4n) is 3.40. The Morgan fingerprint density at radius 3 is 2.56 bits per heavy atom. The Hall–Kier alpha value is -1.85. The van der Waals surface area contributed by atoms with Crippen LogP contribution in [0.3, 0.4) is 0 Å². The van der Waals surface area contributed by atoms with Crippen molar-refractivity contribution in [3.8, 4) is 0 Å². The third-order valence-corrected chi connectivity index (χ3v) is 5.87. The second-order valence-electron chi connectivity index (χ2n) is 6.69. The number of carbonyl (C=O) groups is 1. The highest BCUT2D eigenvalue weighted by molar-refractivity contribution is 6.42. The number of carbonyl (C=O) groups excluding carboxylic acids is 1. The quantitative estimate of drug-likeness (QED) is 0.438. The number of hydrogen-bond acceptors (Lipinski definition) is 3. The van der Waals surface area contributed by atoms with Crippen molar-refractivity contribution in [3.05, 3.63) is 81.9 Å². The summed E-state index contributed by atoms with van der Waals surface area (Å²) in [7, 11) is 0. The van der Waals surface area contributed by atoms with Crippen molar-refractivity contribution in [2.75, 3.05) is 13.1 Å². The maximum absolute atomic E-state index is 13.0. The first-order valence-electron chi connectivity index (χ1n) is 8.85. The number of amides is 1. The molecule has 27 heavy (non-hydrogen) atoms. The van der Waals surface area contributed by atoms with Crippen molar-refractivity contribution >= 4 is 29.1 Å². The largest absolute Gasteiger partial charge is 0.284 e. The van der Waals surface area contributed by atoms with Crippen molar-refractivity contribution in [2.45, 2.75) is 25.4 Å². The molecule has 1 amide bonds. The zero-order valence-corrected chi connectivity index (χ0v) is 16.6. The van der Waals surface area contributed by atoms with Gasteiger partial charge in [-0.15, -0.1) is 0 Å². The monoisotopic (exact) mass is 404 g/mol. The molecule has 0 aromatic heterocycles. The van der Waals surface area contributed by atoms with Crippen LogP contribution in [0.4, 0.5) is 0 Å². The highest BCUT2D eigenvalue weighted by Crippen LogP contribution is 2.34. The molecule has 0 bridgehead atoms. The summed E-state index contributed by atoms with van der Waals surface area (Å²) in [6, 6.07) is 14.7. The molecule has 142 valence electrons. The molecule has 0 aliphatic carbocycles. The molecule has 1 atom stereocenters. The Morgan fingerprint density at radius 1 is 1.15 bits per heavy atom. The van der Waals surface area contributed by atoms with E-state index in [9.17, 15) is 10.0 Å². The summed E-state index contributed by atoms with van der Waals surface area (Å²) < 4.78 is 0. The molecule has 0 unspecified atom stereocenters. The molecular formula is C21H22Cl2N2O2. The van der Waals surface area contributed by atoms with Gasteiger partial charge in [0.25, 0.3) is 5.91 Å². The van der Waals surface area contributed by atoms with Gasteiger partial charge in [-0.05, 0) is 30.5 Å². The van der Waals surface area contributed by atoms with E-state index in [-0.39, 0.29) is 6.42 Å². The Labute approximate surface area is 169 Å². The SMILES string of the molecule is C[C@](c1ccccc1)(N1CC=CCC1)N(O)C(=O)Cc1cccc(Cl)c1Cl. The fourth-order valence-corrected chi connectivity index (χ4v) is 3.78. The lowest BCUT2D eigenvalue weighted by Crippen LogP contribution is -2.58. The first-order valence-corrected chi connectivity index (χ1v) is 9.60. The average Bonchev–Trinajstić information content (AvgIpc) is 2.71. The first kappa shape index (κ1) is 19.9. The average molecular weight is 405 g/mol. The summed E-state index contributed by atoms with van der Waals surface area (Å²) in [6.45, 7) is 3.25. The smallest absolute Gasteiger partial charge is 0.252 e. The third-order valence-electron chi connectivity index (χ3n) is 5.02. The number of hydroxylamine groups is 2. The molecule has 1 N–H and O–H groups in total. The molecule has 0 saturated heterocycles. The minimum Gasteiger partial charge on any atom is -0.284 e. The normalized spacial score (nSPS) is 16.7. The van der Waals surface area contributed by atoms with E-state index < -0.39 is 11.6 Å². The lowest BCUT2D eigenvalue weighted by molar-refractivity contribution is -0.226. The van der Waals surface area contributed by atoms with Gasteiger partial charge >= 0.3 is 0 Å². The van der Waals surface area contributed by atoms with Gasteiger partial charge in [-0.3, -0.25) is 14.9 Å². The van der Waals surface area contributed by atoms with Crippen LogP contribution in [0, 0.1) is 0 Å². The number of halogens is 2. The van der Waals surface area contributed by atoms with Gasteiger partial charge in [0.2, 0.25) is 0 Å². The van der Waals surface area contributed by atoms with Crippen LogP contribution in [0.25, 0.3) is 0 Å². The lowest BCUT2D eigenvalue weighted by Gasteiger charge is -2.46. The van der Waals surface area contributed by atoms with Crippen LogP contribution in [-0.2, 0) is 16.9 Å². The minimum absolute atomic E-state index is 0.0397. The standard InChI is InChI=1S/C21H22Cl2N2O2/c1-21(17-10-4-2-5-11-17,24-13-6-3-7-14-24)25(27)19(26)15-16-9-8-12-18(22)20(16)23/h2-6,8-12,27H,7,13-15H2,1H3/t21-/m0/s1. The summed E-state index contributed by atoms with van der Waals surface area (Å²) in [5.74, 6) is -0.444. The molecule has 0 saturated carbocycles. The van der Waals surface area contributed by atoms with E-state index >= 15 is 0 Å². The Morgan fingerprint density at radius 2 is 1.89 bits per heavy atom. The number of rotatable bonds is 5. The van der Waals surface area contributed by atoms with Crippen LogP contribution in [0.15, 0.2) is 60.7 Å². The van der Waals surface area contributed by atoms with Crippen molar-refractivity contribution < 1.29 is 10.0 Å². The van der Waals surface area contributed by atoms with E-state index in [4.69, 9.17) is 23.2 Å². The summed E-state index contributed by atoms with van der Waals surface area (Å²) in [4.78, 5) is 15.1. The molecule has 1 aliphatic rings. The second kappa shape index (κ2) is 8.44. The van der Waals surface area contributed by atoms with E-state index in [2.05, 4.69) is 17.1 Å². The van der Waals surface area contributed by atoms with Gasteiger partial charge in [0.1, 0.15) is 5.66 Å². The lowest BCUT2D eigenvalue weighted by atomic mass is 9.96. The molecule has 1 aliphatic heterocycles. The van der Waals surface area contributed by atoms with Crippen LogP contribution in [0.2, 0.25) is 10.0 Å². The second-order valence-corrected chi connectivity index (χ2v) is 7.47. The molecule has 6 heteroatoms. The zero-order chi connectivity index (χ0) is 19.4. The van der Waals surface area contributed by atoms with Gasteiger partial charge in [-0.2, -0.15) is 5.06 Å². The van der Waals surface area contributed by atoms with Crippen molar-refractivity contribution in [1.82, 2.24) is 9.96 Å². The van der Waals surface area contributed by atoms with Crippen LogP contribution in [-0.4, -0.2) is 34.2 Å². The van der Waals surface area contributed by atoms with Gasteiger partial charge in [-0.1, -0.05) is 77.8 Å². The van der Waals surface area contributed by atoms with Crippen LogP contribution in [0.5, 0.6) is 0 Å². The number of nitrogens with zero attached hydrogens (tertiary/aromatic N) is 2. The summed E-state index contributed by atoms with van der Waals surface area (Å²) in [5, 5.41) is 12.6. The number of hydrogen-bond donors (Lipinski definition) is 1. The Balaban J connectivity index is 1.93. The molecule has 4 nitrogen and oxygen atoms in total. The maximum atomic E-state index is 13.0. The van der Waals surface area contributed by atoms with Crippen LogP contribution in [0.1, 0.15) is 24.5 Å². The topological polar surface area (TPSA) is 43.8 Å². The highest BCUT2D eigenvalue weighted by atomic mass is 35.5. The number of benzene rings is 2. The van der Waals surface area contributed by atoms with E-state index in [0.29, 0.717) is 22.2 Å². The van der Waals surface area contributed by atoms with E-state index in [1.807, 2.05) is 37.3 Å². The molecule has 2 aromatic rings. The summed E-state index contributed by atoms with van der Waals surface area (Å²) in [5.41, 5.74) is 0.434. The molecule has 0 fully saturated rings. The molecule has 2 aromatic carbocycles. The Kier molecular flexibility index (Phi) is 6.22. The minimum atomic E-state index is -0.992. The fraction of sp³-hybridized carbons (Fsp3) is 0.286. The zero-order valence-electron chi connectivity index (χ0n) is 15.1. The van der Waals surface area contributed by atoms with Crippen LogP contribution < -0.4 is 0 Å². The molecule has 0 radical (unpaired) electrons.